The fourth-order valence-electron chi connectivity index (χ4n) is 2.90. The van der Waals surface area contributed by atoms with E-state index in [1.165, 1.54) is 19.2 Å². The number of esters is 1. The molecule has 1 N–H and O–H groups in total. The lowest BCUT2D eigenvalue weighted by molar-refractivity contribution is -0.154. The Bertz CT molecular complexity index is 990. The Kier molecular flexibility index (Phi) is 7.16. The van der Waals surface area contributed by atoms with Crippen LogP contribution in [0.1, 0.15) is 23.7 Å². The molecule has 1 atom stereocenters. The topological polar surface area (TPSA) is 64.6 Å². The number of ether oxygens (including phenoxy) is 2. The van der Waals surface area contributed by atoms with Gasteiger partial charge in [0.25, 0.3) is 5.91 Å². The summed E-state index contributed by atoms with van der Waals surface area (Å²) in [7, 11) is 1.54. The van der Waals surface area contributed by atoms with Gasteiger partial charge in [0.1, 0.15) is 11.6 Å². The molecule has 3 aromatic rings. The van der Waals surface area contributed by atoms with E-state index in [0.29, 0.717) is 23.4 Å². The van der Waals surface area contributed by atoms with Gasteiger partial charge in [0.05, 0.1) is 7.11 Å². The maximum Gasteiger partial charge on any atom is 0.307 e. The first kappa shape index (κ1) is 21.0. The highest BCUT2D eigenvalue weighted by Gasteiger charge is 2.25. The maximum atomic E-state index is 13.0. The number of rotatable bonds is 8. The SMILES string of the molecule is COc1cccc(NC(=O)[C@@H](OC(=O)CCc2ccc(F)cc2)c2ccccc2)c1. The van der Waals surface area contributed by atoms with Crippen molar-refractivity contribution in [3.05, 3.63) is 95.8 Å². The molecule has 0 aromatic heterocycles. The normalized spacial score (nSPS) is 11.4. The lowest BCUT2D eigenvalue weighted by Gasteiger charge is -2.18. The van der Waals surface area contributed by atoms with E-state index in [0.717, 1.165) is 5.56 Å². The lowest BCUT2D eigenvalue weighted by Crippen LogP contribution is -2.26. The molecule has 0 saturated carbocycles. The zero-order valence-corrected chi connectivity index (χ0v) is 16.5. The van der Waals surface area contributed by atoms with Crippen LogP contribution in [0.3, 0.4) is 0 Å². The number of hydrogen-bond donors (Lipinski definition) is 1. The first-order chi connectivity index (χ1) is 14.5. The predicted octanol–water partition coefficient (Wildman–Crippen LogP) is 4.69. The average Bonchev–Trinajstić information content (AvgIpc) is 2.77. The highest BCUT2D eigenvalue weighted by atomic mass is 19.1. The van der Waals surface area contributed by atoms with E-state index in [-0.39, 0.29) is 12.2 Å². The van der Waals surface area contributed by atoms with Crippen LogP contribution in [0.2, 0.25) is 0 Å². The van der Waals surface area contributed by atoms with E-state index < -0.39 is 18.0 Å². The van der Waals surface area contributed by atoms with Crippen LogP contribution in [-0.2, 0) is 20.7 Å². The third kappa shape index (κ3) is 5.91. The smallest absolute Gasteiger partial charge is 0.307 e. The second-order valence-electron chi connectivity index (χ2n) is 6.63. The van der Waals surface area contributed by atoms with Crippen LogP contribution in [0.15, 0.2) is 78.9 Å². The van der Waals surface area contributed by atoms with Crippen LogP contribution in [-0.4, -0.2) is 19.0 Å². The minimum absolute atomic E-state index is 0.0708. The van der Waals surface area contributed by atoms with Crippen LogP contribution in [0.25, 0.3) is 0 Å². The Morgan fingerprint density at radius 2 is 1.70 bits per heavy atom. The maximum absolute atomic E-state index is 13.0. The van der Waals surface area contributed by atoms with Gasteiger partial charge in [0.15, 0.2) is 0 Å². The van der Waals surface area contributed by atoms with Gasteiger partial charge in [-0.2, -0.15) is 0 Å². The number of carbonyl (C=O) groups is 2. The van der Waals surface area contributed by atoms with Gasteiger partial charge in [-0.1, -0.05) is 48.5 Å². The summed E-state index contributed by atoms with van der Waals surface area (Å²) >= 11 is 0. The summed E-state index contributed by atoms with van der Waals surface area (Å²) in [4.78, 5) is 25.3. The number of nitrogens with one attached hydrogen (secondary N) is 1. The minimum Gasteiger partial charge on any atom is -0.497 e. The first-order valence-electron chi connectivity index (χ1n) is 9.49. The van der Waals surface area contributed by atoms with Crippen LogP contribution >= 0.6 is 0 Å². The standard InChI is InChI=1S/C24H22FNO4/c1-29-21-9-5-8-20(16-21)26-24(28)23(18-6-3-2-4-7-18)30-22(27)15-12-17-10-13-19(25)14-11-17/h2-11,13-14,16,23H,12,15H2,1H3,(H,26,28)/t23-/m0/s1. The summed E-state index contributed by atoms with van der Waals surface area (Å²) in [6.45, 7) is 0. The number of carbonyl (C=O) groups excluding carboxylic acids is 2. The second-order valence-corrected chi connectivity index (χ2v) is 6.63. The van der Waals surface area contributed by atoms with Gasteiger partial charge in [-0.05, 0) is 36.2 Å². The van der Waals surface area contributed by atoms with E-state index in [2.05, 4.69) is 5.32 Å². The van der Waals surface area contributed by atoms with Gasteiger partial charge in [0, 0.05) is 23.7 Å². The molecule has 3 aromatic carbocycles. The summed E-state index contributed by atoms with van der Waals surface area (Å²) < 4.78 is 23.7. The van der Waals surface area contributed by atoms with Gasteiger partial charge in [-0.3, -0.25) is 9.59 Å². The van der Waals surface area contributed by atoms with Crippen molar-refractivity contribution in [2.24, 2.45) is 0 Å². The molecule has 0 fully saturated rings. The molecule has 30 heavy (non-hydrogen) atoms. The molecule has 0 saturated heterocycles. The molecule has 1 amide bonds. The Morgan fingerprint density at radius 1 is 0.967 bits per heavy atom. The zero-order chi connectivity index (χ0) is 21.3. The molecule has 0 aliphatic rings. The van der Waals surface area contributed by atoms with Gasteiger partial charge < -0.3 is 14.8 Å². The van der Waals surface area contributed by atoms with Crippen molar-refractivity contribution in [3.8, 4) is 5.75 Å². The first-order valence-corrected chi connectivity index (χ1v) is 9.49. The van der Waals surface area contributed by atoms with Crippen LogP contribution in [0.4, 0.5) is 10.1 Å². The van der Waals surface area contributed by atoms with Gasteiger partial charge in [-0.15, -0.1) is 0 Å². The molecule has 0 spiro atoms. The molecule has 0 aliphatic carbocycles. The van der Waals surface area contributed by atoms with Gasteiger partial charge in [-0.25, -0.2) is 4.39 Å². The van der Waals surface area contributed by atoms with Crippen molar-refractivity contribution < 1.29 is 23.5 Å². The third-order valence-corrected chi connectivity index (χ3v) is 4.46. The molecular formula is C24H22FNO4. The molecule has 0 unspecified atom stereocenters. The van der Waals surface area contributed by atoms with Crippen molar-refractivity contribution in [1.82, 2.24) is 0 Å². The van der Waals surface area contributed by atoms with E-state index >= 15 is 0 Å². The largest absolute Gasteiger partial charge is 0.497 e. The van der Waals surface area contributed by atoms with Crippen LogP contribution in [0.5, 0.6) is 5.75 Å². The van der Waals surface area contributed by atoms with Crippen molar-refractivity contribution >= 4 is 17.6 Å². The molecule has 6 heteroatoms. The monoisotopic (exact) mass is 407 g/mol. The molecule has 0 heterocycles. The van der Waals surface area contributed by atoms with Crippen molar-refractivity contribution in [1.29, 1.82) is 0 Å². The third-order valence-electron chi connectivity index (χ3n) is 4.46. The summed E-state index contributed by atoms with van der Waals surface area (Å²) in [5.41, 5.74) is 1.90. The number of amides is 1. The molecule has 0 bridgehead atoms. The number of benzene rings is 3. The molecule has 5 nitrogen and oxygen atoms in total. The number of halogens is 1. The number of anilines is 1. The lowest BCUT2D eigenvalue weighted by atomic mass is 10.1. The molecule has 154 valence electrons. The summed E-state index contributed by atoms with van der Waals surface area (Å²) in [5.74, 6) is -0.724. The van der Waals surface area contributed by atoms with E-state index in [1.807, 2.05) is 6.07 Å². The molecular weight excluding hydrogens is 385 g/mol. The highest BCUT2D eigenvalue weighted by molar-refractivity contribution is 5.96. The van der Waals surface area contributed by atoms with Crippen LogP contribution in [0, 0.1) is 5.82 Å². The van der Waals surface area contributed by atoms with Gasteiger partial charge in [0.2, 0.25) is 6.10 Å². The molecule has 3 rings (SSSR count). The quantitative estimate of drug-likeness (QED) is 0.550. The fourth-order valence-corrected chi connectivity index (χ4v) is 2.90. The number of hydrogen-bond acceptors (Lipinski definition) is 4. The Morgan fingerprint density at radius 3 is 2.40 bits per heavy atom. The second kappa shape index (κ2) is 10.2. The highest BCUT2D eigenvalue weighted by Crippen LogP contribution is 2.23. The van der Waals surface area contributed by atoms with Crippen molar-refractivity contribution in [2.45, 2.75) is 18.9 Å². The summed E-state index contributed by atoms with van der Waals surface area (Å²) in [5, 5.41) is 2.76. The van der Waals surface area contributed by atoms with Gasteiger partial charge >= 0.3 is 5.97 Å². The zero-order valence-electron chi connectivity index (χ0n) is 16.5. The van der Waals surface area contributed by atoms with Crippen molar-refractivity contribution in [2.75, 3.05) is 12.4 Å². The predicted molar refractivity (Wildman–Crippen MR) is 112 cm³/mol. The van der Waals surface area contributed by atoms with E-state index in [9.17, 15) is 14.0 Å². The number of aryl methyl sites for hydroxylation is 1. The van der Waals surface area contributed by atoms with Crippen LogP contribution < -0.4 is 10.1 Å². The summed E-state index contributed by atoms with van der Waals surface area (Å²) in [6, 6.07) is 21.6. The Labute approximate surface area is 174 Å². The minimum atomic E-state index is -1.10. The Hall–Kier alpha value is -3.67. The van der Waals surface area contributed by atoms with E-state index in [4.69, 9.17) is 9.47 Å². The number of methoxy groups -OCH3 is 1. The molecule has 0 radical (unpaired) electrons. The Balaban J connectivity index is 1.69. The fraction of sp³-hybridized carbons (Fsp3) is 0.167. The average molecular weight is 407 g/mol. The molecule has 0 aliphatic heterocycles. The van der Waals surface area contributed by atoms with Crippen molar-refractivity contribution in [3.63, 3.8) is 0 Å². The van der Waals surface area contributed by atoms with E-state index in [1.54, 1.807) is 60.7 Å². The summed E-state index contributed by atoms with van der Waals surface area (Å²) in [6.07, 6.45) is -0.641.